The molecule has 12 heteroatoms. The van der Waals surface area contributed by atoms with Crippen molar-refractivity contribution in [1.82, 2.24) is 25.5 Å². The molecular formula is C25H17F2N5O5. The predicted molar refractivity (Wildman–Crippen MR) is 123 cm³/mol. The van der Waals surface area contributed by atoms with Crippen LogP contribution in [0.15, 0.2) is 53.2 Å². The molecule has 5 heterocycles. The largest absolute Gasteiger partial charge is 0.494 e. The fourth-order valence-corrected chi connectivity index (χ4v) is 4.68. The van der Waals surface area contributed by atoms with Gasteiger partial charge in [-0.2, -0.15) is 0 Å². The summed E-state index contributed by atoms with van der Waals surface area (Å²) in [5.41, 5.74) is -0.927. The number of benzene rings is 1. The Morgan fingerprint density at radius 1 is 1.19 bits per heavy atom. The highest BCUT2D eigenvalue weighted by Crippen LogP contribution is 2.36. The lowest BCUT2D eigenvalue weighted by molar-refractivity contribution is -0.125. The van der Waals surface area contributed by atoms with Gasteiger partial charge in [-0.1, -0.05) is 6.07 Å². The predicted octanol–water partition coefficient (Wildman–Crippen LogP) is 2.87. The molecule has 0 saturated carbocycles. The summed E-state index contributed by atoms with van der Waals surface area (Å²) in [6, 6.07) is 7.96. The molecule has 1 atom stereocenters. The number of fused-ring (bicyclic) bond motifs is 2. The molecule has 0 spiro atoms. The van der Waals surface area contributed by atoms with Crippen molar-refractivity contribution in [2.45, 2.75) is 12.1 Å². The molecule has 2 aliphatic rings. The standard InChI is InChI=1S/C25H17F2N5O5/c1-36-16-5-4-13-10-32(22(33)19(13)20(16)27)11-25(23(34)30-24(35)31-25)18-8-15-17(37-18)7-14(26)21(29-15)12-3-2-6-28-9-12/h2-9H,10-11H2,1H3,(H2,30,31,34,35)/t25-/m0/s1. The van der Waals surface area contributed by atoms with Crippen molar-refractivity contribution < 1.29 is 32.3 Å². The molecule has 0 aliphatic carbocycles. The summed E-state index contributed by atoms with van der Waals surface area (Å²) < 4.78 is 40.5. The van der Waals surface area contributed by atoms with Crippen LogP contribution in [0.2, 0.25) is 0 Å². The number of hydrogen-bond donors (Lipinski definition) is 2. The zero-order valence-electron chi connectivity index (χ0n) is 19.2. The summed E-state index contributed by atoms with van der Waals surface area (Å²) in [5.74, 6) is -3.11. The molecule has 2 aliphatic heterocycles. The van der Waals surface area contributed by atoms with E-state index in [4.69, 9.17) is 9.15 Å². The lowest BCUT2D eigenvalue weighted by atomic mass is 9.95. The number of ether oxygens (including phenoxy) is 1. The van der Waals surface area contributed by atoms with Crippen LogP contribution in [0.4, 0.5) is 13.6 Å². The minimum atomic E-state index is -1.86. The van der Waals surface area contributed by atoms with Crippen molar-refractivity contribution in [3.05, 3.63) is 77.3 Å². The molecule has 4 aromatic rings. The Morgan fingerprint density at radius 2 is 2.03 bits per heavy atom. The number of halogens is 2. The summed E-state index contributed by atoms with van der Waals surface area (Å²) in [7, 11) is 1.29. The van der Waals surface area contributed by atoms with E-state index in [0.717, 1.165) is 6.07 Å². The number of carbonyl (C=O) groups is 3. The van der Waals surface area contributed by atoms with Crippen molar-refractivity contribution in [2.24, 2.45) is 0 Å². The fourth-order valence-electron chi connectivity index (χ4n) is 4.68. The van der Waals surface area contributed by atoms with Gasteiger partial charge in [0.1, 0.15) is 17.0 Å². The van der Waals surface area contributed by atoms with Crippen molar-refractivity contribution in [1.29, 1.82) is 0 Å². The number of nitrogens with one attached hydrogen (secondary N) is 2. The fraction of sp³-hybridized carbons (Fsp3) is 0.160. The third-order valence-electron chi connectivity index (χ3n) is 6.46. The number of aromatic nitrogens is 2. The van der Waals surface area contributed by atoms with Crippen molar-refractivity contribution in [3.63, 3.8) is 0 Å². The normalized spacial score (nSPS) is 18.8. The highest BCUT2D eigenvalue weighted by molar-refractivity contribution is 6.08. The lowest BCUT2D eigenvalue weighted by Crippen LogP contribution is -2.52. The van der Waals surface area contributed by atoms with Gasteiger partial charge in [-0.05, 0) is 23.8 Å². The summed E-state index contributed by atoms with van der Waals surface area (Å²) in [5, 5.41) is 4.68. The number of rotatable bonds is 5. The van der Waals surface area contributed by atoms with E-state index in [1.54, 1.807) is 24.4 Å². The topological polar surface area (TPSA) is 127 Å². The quantitative estimate of drug-likeness (QED) is 0.400. The van der Waals surface area contributed by atoms with Crippen LogP contribution in [-0.2, 0) is 16.9 Å². The van der Waals surface area contributed by atoms with Crippen molar-refractivity contribution in [2.75, 3.05) is 13.7 Å². The molecule has 1 saturated heterocycles. The molecule has 0 unspecified atom stereocenters. The van der Waals surface area contributed by atoms with E-state index in [1.165, 1.54) is 30.3 Å². The Hall–Kier alpha value is -4.87. The number of urea groups is 1. The van der Waals surface area contributed by atoms with Crippen LogP contribution < -0.4 is 15.4 Å². The monoisotopic (exact) mass is 505 g/mol. The summed E-state index contributed by atoms with van der Waals surface area (Å²) in [6.45, 7) is -0.393. The van der Waals surface area contributed by atoms with E-state index >= 15 is 0 Å². The molecular weight excluding hydrogens is 488 g/mol. The van der Waals surface area contributed by atoms with Crippen LogP contribution in [0.3, 0.4) is 0 Å². The van der Waals surface area contributed by atoms with E-state index in [2.05, 4.69) is 20.6 Å². The average Bonchev–Trinajstić information content (AvgIpc) is 3.53. The molecule has 3 aromatic heterocycles. The first kappa shape index (κ1) is 22.6. The first-order chi connectivity index (χ1) is 17.8. The number of furan rings is 1. The minimum Gasteiger partial charge on any atom is -0.494 e. The van der Waals surface area contributed by atoms with E-state index in [0.29, 0.717) is 11.1 Å². The maximum atomic E-state index is 14.9. The van der Waals surface area contributed by atoms with Gasteiger partial charge in [0, 0.05) is 36.6 Å². The molecule has 186 valence electrons. The van der Waals surface area contributed by atoms with Crippen LogP contribution >= 0.6 is 0 Å². The molecule has 4 amide bonds. The lowest BCUT2D eigenvalue weighted by Gasteiger charge is -2.28. The number of methoxy groups -OCH3 is 1. The molecule has 1 fully saturated rings. The third kappa shape index (κ3) is 3.40. The van der Waals surface area contributed by atoms with E-state index in [-0.39, 0.29) is 47.0 Å². The number of pyridine rings is 2. The van der Waals surface area contributed by atoms with Gasteiger partial charge in [0.25, 0.3) is 11.8 Å². The third-order valence-corrected chi connectivity index (χ3v) is 6.46. The molecule has 10 nitrogen and oxygen atoms in total. The van der Waals surface area contributed by atoms with E-state index < -0.39 is 35.0 Å². The average molecular weight is 505 g/mol. The van der Waals surface area contributed by atoms with Gasteiger partial charge in [-0.15, -0.1) is 0 Å². The summed E-state index contributed by atoms with van der Waals surface area (Å²) >= 11 is 0. The van der Waals surface area contributed by atoms with Crippen LogP contribution in [0.1, 0.15) is 21.7 Å². The zero-order valence-corrected chi connectivity index (χ0v) is 19.2. The smallest absolute Gasteiger partial charge is 0.322 e. The van der Waals surface area contributed by atoms with Crippen LogP contribution in [0.5, 0.6) is 5.75 Å². The van der Waals surface area contributed by atoms with Gasteiger partial charge >= 0.3 is 6.03 Å². The van der Waals surface area contributed by atoms with Gasteiger partial charge in [0.05, 0.1) is 19.2 Å². The van der Waals surface area contributed by atoms with Crippen molar-refractivity contribution >= 4 is 28.9 Å². The maximum Gasteiger partial charge on any atom is 0.322 e. The number of hydrogen-bond acceptors (Lipinski definition) is 7. The zero-order chi connectivity index (χ0) is 25.9. The second-order valence-electron chi connectivity index (χ2n) is 8.65. The van der Waals surface area contributed by atoms with Gasteiger partial charge in [0.2, 0.25) is 0 Å². The molecule has 6 rings (SSSR count). The summed E-state index contributed by atoms with van der Waals surface area (Å²) in [6.07, 6.45) is 3.00. The second kappa shape index (κ2) is 8.08. The minimum absolute atomic E-state index is 0.0156. The number of imide groups is 1. The van der Waals surface area contributed by atoms with Gasteiger partial charge < -0.3 is 19.4 Å². The Balaban J connectivity index is 1.41. The SMILES string of the molecule is COc1ccc2c(c1F)C(=O)N(C[C@@]1(c3cc4nc(-c5cccnc5)c(F)cc4o3)NC(=O)NC1=O)C2. The Bertz CT molecular complexity index is 1620. The first-order valence-electron chi connectivity index (χ1n) is 11.1. The Morgan fingerprint density at radius 3 is 2.73 bits per heavy atom. The Labute approximate surface area is 207 Å². The van der Waals surface area contributed by atoms with Crippen LogP contribution in [0, 0.1) is 11.6 Å². The van der Waals surface area contributed by atoms with Crippen LogP contribution in [-0.4, -0.2) is 46.4 Å². The highest BCUT2D eigenvalue weighted by atomic mass is 19.1. The number of nitrogens with zero attached hydrogens (tertiary/aromatic N) is 3. The van der Waals surface area contributed by atoms with Gasteiger partial charge in [-0.3, -0.25) is 19.9 Å². The maximum absolute atomic E-state index is 14.9. The molecule has 0 radical (unpaired) electrons. The first-order valence-corrected chi connectivity index (χ1v) is 11.1. The molecule has 0 bridgehead atoms. The van der Waals surface area contributed by atoms with Crippen molar-refractivity contribution in [3.8, 4) is 17.0 Å². The van der Waals surface area contributed by atoms with Gasteiger partial charge in [-0.25, -0.2) is 18.6 Å². The van der Waals surface area contributed by atoms with E-state index in [9.17, 15) is 23.2 Å². The van der Waals surface area contributed by atoms with E-state index in [1.807, 2.05) is 0 Å². The molecule has 1 aromatic carbocycles. The number of amides is 4. The second-order valence-corrected chi connectivity index (χ2v) is 8.65. The van der Waals surface area contributed by atoms with Crippen LogP contribution in [0.25, 0.3) is 22.4 Å². The van der Waals surface area contributed by atoms with Gasteiger partial charge in [0.15, 0.2) is 28.5 Å². The highest BCUT2D eigenvalue weighted by Gasteiger charge is 2.53. The molecule has 2 N–H and O–H groups in total. The molecule has 37 heavy (non-hydrogen) atoms. The number of carbonyl (C=O) groups excluding carboxylic acids is 3. The Kier molecular flexibility index (Phi) is 4.93. The summed E-state index contributed by atoms with van der Waals surface area (Å²) in [4.78, 5) is 48.0.